The fourth-order valence-corrected chi connectivity index (χ4v) is 2.29. The van der Waals surface area contributed by atoms with E-state index in [1.165, 1.54) is 12.1 Å². The van der Waals surface area contributed by atoms with Crippen molar-refractivity contribution in [3.63, 3.8) is 0 Å². The van der Waals surface area contributed by atoms with E-state index in [4.69, 9.17) is 17.5 Å². The Morgan fingerprint density at radius 2 is 1.61 bits per heavy atom. The number of amides is 1. The van der Waals surface area contributed by atoms with Gasteiger partial charge in [0.15, 0.2) is 0 Å². The van der Waals surface area contributed by atoms with Gasteiger partial charge in [-0.05, 0) is 12.1 Å². The van der Waals surface area contributed by atoms with Gasteiger partial charge in [-0.25, -0.2) is 13.1 Å². The number of carbonyl (C=O) groups is 1. The van der Waals surface area contributed by atoms with E-state index in [1.807, 2.05) is 4.72 Å². The number of nitrogens with one attached hydrogen (secondary N) is 1. The standard InChI is InChI=1S/C7H5NO3S.Na.H2O4S.H/c9-7-5-3-1-2-4-6(5)12(10,11)8-7;;1-5(2,3)4;/h1-4H,(H,8,9);;(H2,1,2,3,4);/q;+1;;-1. The zero-order chi connectivity index (χ0) is 13.3. The van der Waals surface area contributed by atoms with Crippen LogP contribution in [0.5, 0.6) is 0 Å². The molecule has 0 radical (unpaired) electrons. The molecule has 0 spiro atoms. The van der Waals surface area contributed by atoms with Crippen LogP contribution in [0.1, 0.15) is 11.8 Å². The van der Waals surface area contributed by atoms with Crippen molar-refractivity contribution in [3.05, 3.63) is 29.8 Å². The Balaban J connectivity index is 0. The predicted octanol–water partition coefficient (Wildman–Crippen LogP) is -3.42. The number of hydrogen-bond donors (Lipinski definition) is 3. The first-order chi connectivity index (χ1) is 7.61. The topological polar surface area (TPSA) is 138 Å². The van der Waals surface area contributed by atoms with Crippen molar-refractivity contribution < 1.29 is 61.7 Å². The molecule has 3 N–H and O–H groups in total. The predicted molar refractivity (Wildman–Crippen MR) is 56.4 cm³/mol. The van der Waals surface area contributed by atoms with Crippen LogP contribution < -0.4 is 34.3 Å². The number of sulfonamides is 1. The molecule has 96 valence electrons. The summed E-state index contributed by atoms with van der Waals surface area (Å²) in [5.41, 5.74) is 0.220. The van der Waals surface area contributed by atoms with E-state index in [2.05, 4.69) is 0 Å². The van der Waals surface area contributed by atoms with Crippen LogP contribution in [-0.4, -0.2) is 31.8 Å². The van der Waals surface area contributed by atoms with Crippen molar-refractivity contribution in [2.75, 3.05) is 0 Å². The zero-order valence-electron chi connectivity index (χ0n) is 10.1. The van der Waals surface area contributed by atoms with Crippen molar-refractivity contribution >= 4 is 26.3 Å². The summed E-state index contributed by atoms with van der Waals surface area (Å²) in [6.07, 6.45) is 0. The minimum Gasteiger partial charge on any atom is -1.00 e. The first-order valence-corrected chi connectivity index (χ1v) is 6.85. The van der Waals surface area contributed by atoms with E-state index in [-0.39, 0.29) is 41.4 Å². The number of fused-ring (bicyclic) bond motifs is 1. The second kappa shape index (κ2) is 6.10. The Labute approximate surface area is 127 Å². The first kappa shape index (κ1) is 17.5. The van der Waals surface area contributed by atoms with Gasteiger partial charge in [-0.15, -0.1) is 0 Å². The average molecular weight is 305 g/mol. The van der Waals surface area contributed by atoms with Gasteiger partial charge in [-0.1, -0.05) is 12.1 Å². The van der Waals surface area contributed by atoms with Crippen LogP contribution in [0.2, 0.25) is 0 Å². The van der Waals surface area contributed by atoms with E-state index < -0.39 is 26.3 Å². The van der Waals surface area contributed by atoms with Crippen molar-refractivity contribution in [1.29, 1.82) is 0 Å². The summed E-state index contributed by atoms with van der Waals surface area (Å²) in [6.45, 7) is 0. The average Bonchev–Trinajstić information content (AvgIpc) is 2.36. The number of carbonyl (C=O) groups excluding carboxylic acids is 1. The van der Waals surface area contributed by atoms with Gasteiger partial charge in [0.25, 0.3) is 15.9 Å². The first-order valence-electron chi connectivity index (χ1n) is 3.97. The van der Waals surface area contributed by atoms with Gasteiger partial charge in [-0.2, -0.15) is 8.42 Å². The number of benzene rings is 1. The third-order valence-corrected chi connectivity index (χ3v) is 3.04. The summed E-state index contributed by atoms with van der Waals surface area (Å²) in [6, 6.07) is 6.09. The molecule has 0 bridgehead atoms. The normalized spacial score (nSPS) is 15.6. The molecular weight excluding hydrogens is 297 g/mol. The quantitative estimate of drug-likeness (QED) is 0.335. The summed E-state index contributed by atoms with van der Waals surface area (Å²) in [5, 5.41) is 0. The molecule has 1 aliphatic rings. The second-order valence-electron chi connectivity index (χ2n) is 2.88. The largest absolute Gasteiger partial charge is 1.00 e. The van der Waals surface area contributed by atoms with Crippen molar-refractivity contribution in [3.8, 4) is 0 Å². The minimum absolute atomic E-state index is 0. The maximum absolute atomic E-state index is 11.1. The van der Waals surface area contributed by atoms with Gasteiger partial charge in [-0.3, -0.25) is 13.9 Å². The van der Waals surface area contributed by atoms with Crippen LogP contribution >= 0.6 is 0 Å². The summed E-state index contributed by atoms with van der Waals surface area (Å²) in [4.78, 5) is 11.1. The molecule has 0 fully saturated rings. The molecule has 8 nitrogen and oxygen atoms in total. The number of hydrogen-bond acceptors (Lipinski definition) is 5. The molecule has 0 saturated heterocycles. The van der Waals surface area contributed by atoms with Gasteiger partial charge in [0.1, 0.15) is 4.90 Å². The van der Waals surface area contributed by atoms with Crippen molar-refractivity contribution in [1.82, 2.24) is 4.72 Å². The van der Waals surface area contributed by atoms with Crippen LogP contribution in [0.3, 0.4) is 0 Å². The Morgan fingerprint density at radius 1 is 1.17 bits per heavy atom. The molecule has 0 aromatic heterocycles. The van der Waals surface area contributed by atoms with E-state index in [9.17, 15) is 13.2 Å². The van der Waals surface area contributed by atoms with Crippen LogP contribution in [0, 0.1) is 0 Å². The molecular formula is C7H8NNaO7S2. The fourth-order valence-electron chi connectivity index (χ4n) is 1.12. The summed E-state index contributed by atoms with van der Waals surface area (Å²) < 4.78 is 55.7. The van der Waals surface area contributed by atoms with Crippen LogP contribution in [0.25, 0.3) is 0 Å². The summed E-state index contributed by atoms with van der Waals surface area (Å²) >= 11 is 0. The van der Waals surface area contributed by atoms with Crippen LogP contribution in [0.15, 0.2) is 29.2 Å². The number of rotatable bonds is 0. The molecule has 1 amide bonds. The van der Waals surface area contributed by atoms with E-state index in [0.29, 0.717) is 0 Å². The SMILES string of the molecule is O=C1NS(=O)(=O)c2ccccc21.O=S(=O)(O)O.[H-].[Na+]. The van der Waals surface area contributed by atoms with Gasteiger partial charge in [0.05, 0.1) is 5.56 Å². The summed E-state index contributed by atoms with van der Waals surface area (Å²) in [5.74, 6) is -0.550. The molecule has 1 aromatic carbocycles. The molecule has 11 heteroatoms. The Hall–Kier alpha value is -0.490. The van der Waals surface area contributed by atoms with E-state index >= 15 is 0 Å². The van der Waals surface area contributed by atoms with E-state index in [1.54, 1.807) is 12.1 Å². The van der Waals surface area contributed by atoms with Crippen LogP contribution in [-0.2, 0) is 20.4 Å². The minimum atomic E-state index is -4.67. The molecule has 1 aliphatic heterocycles. The Kier molecular flexibility index (Phi) is 5.94. The third kappa shape index (κ3) is 5.02. The third-order valence-electron chi connectivity index (χ3n) is 1.65. The second-order valence-corrected chi connectivity index (χ2v) is 5.43. The molecule has 1 aromatic rings. The van der Waals surface area contributed by atoms with Crippen molar-refractivity contribution in [2.45, 2.75) is 4.90 Å². The zero-order valence-corrected chi connectivity index (χ0v) is 12.7. The molecule has 0 atom stereocenters. The smallest absolute Gasteiger partial charge is 1.00 e. The molecule has 18 heavy (non-hydrogen) atoms. The molecule has 0 saturated carbocycles. The Morgan fingerprint density at radius 3 is 2.06 bits per heavy atom. The summed E-state index contributed by atoms with van der Waals surface area (Å²) in [7, 11) is -8.22. The molecule has 0 unspecified atom stereocenters. The van der Waals surface area contributed by atoms with Gasteiger partial charge in [0.2, 0.25) is 0 Å². The molecule has 2 rings (SSSR count). The monoisotopic (exact) mass is 305 g/mol. The maximum Gasteiger partial charge on any atom is 1.00 e. The van der Waals surface area contributed by atoms with Gasteiger partial charge >= 0.3 is 40.0 Å². The molecule has 1 heterocycles. The maximum atomic E-state index is 11.1. The van der Waals surface area contributed by atoms with Crippen molar-refractivity contribution in [2.24, 2.45) is 0 Å². The Bertz CT molecular complexity index is 650. The van der Waals surface area contributed by atoms with Gasteiger partial charge < -0.3 is 1.43 Å². The van der Waals surface area contributed by atoms with Gasteiger partial charge in [0, 0.05) is 0 Å². The van der Waals surface area contributed by atoms with Crippen LogP contribution in [0.4, 0.5) is 0 Å². The fraction of sp³-hybridized carbons (Fsp3) is 0. The van der Waals surface area contributed by atoms with E-state index in [0.717, 1.165) is 0 Å². The molecule has 0 aliphatic carbocycles.